The van der Waals surface area contributed by atoms with Gasteiger partial charge in [-0.25, -0.2) is 0 Å². The normalized spacial score (nSPS) is 11.6. The largest absolute Gasteiger partial charge is 0.508 e. The van der Waals surface area contributed by atoms with Crippen molar-refractivity contribution in [1.82, 2.24) is 0 Å². The van der Waals surface area contributed by atoms with E-state index in [0.717, 1.165) is 0 Å². The van der Waals surface area contributed by atoms with E-state index in [4.69, 9.17) is 5.11 Å². The van der Waals surface area contributed by atoms with Gasteiger partial charge in [-0.2, -0.15) is 0 Å². The van der Waals surface area contributed by atoms with Crippen LogP contribution >= 0.6 is 0 Å². The third kappa shape index (κ3) is 1.86. The Kier molecular flexibility index (Phi) is 2.12. The molecular formula is C10H14O3. The molecule has 0 aromatic heterocycles. The number of phenolic OH excluding ortho intramolecular Hbond substituents is 3. The number of benzene rings is 1. The summed E-state index contributed by atoms with van der Waals surface area (Å²) in [7, 11) is 0. The second-order valence-electron chi connectivity index (χ2n) is 4.11. The highest BCUT2D eigenvalue weighted by Gasteiger charge is 2.22. The maximum absolute atomic E-state index is 9.49. The molecule has 0 radical (unpaired) electrons. The first kappa shape index (κ1) is 9.71. The zero-order chi connectivity index (χ0) is 10.2. The van der Waals surface area contributed by atoms with E-state index in [9.17, 15) is 10.2 Å². The van der Waals surface area contributed by atoms with Gasteiger partial charge in [0.05, 0.1) is 0 Å². The van der Waals surface area contributed by atoms with E-state index in [0.29, 0.717) is 5.56 Å². The van der Waals surface area contributed by atoms with Crippen LogP contribution in [0, 0.1) is 0 Å². The van der Waals surface area contributed by atoms with Crippen LogP contribution in [0.1, 0.15) is 26.3 Å². The van der Waals surface area contributed by atoms with Crippen LogP contribution in [0.2, 0.25) is 0 Å². The van der Waals surface area contributed by atoms with Gasteiger partial charge in [-0.05, 0) is 5.41 Å². The molecule has 1 aromatic rings. The molecule has 0 saturated heterocycles. The fraction of sp³-hybridized carbons (Fsp3) is 0.400. The highest BCUT2D eigenvalue weighted by Crippen LogP contribution is 2.40. The average molecular weight is 182 g/mol. The highest BCUT2D eigenvalue weighted by molar-refractivity contribution is 5.51. The third-order valence-electron chi connectivity index (χ3n) is 1.83. The molecule has 1 aromatic carbocycles. The van der Waals surface area contributed by atoms with Crippen molar-refractivity contribution in [3.8, 4) is 17.2 Å². The van der Waals surface area contributed by atoms with Gasteiger partial charge >= 0.3 is 0 Å². The van der Waals surface area contributed by atoms with Crippen molar-refractivity contribution >= 4 is 0 Å². The van der Waals surface area contributed by atoms with Crippen LogP contribution in [0.25, 0.3) is 0 Å². The van der Waals surface area contributed by atoms with Crippen molar-refractivity contribution in [1.29, 1.82) is 0 Å². The molecule has 0 unspecified atom stereocenters. The highest BCUT2D eigenvalue weighted by atomic mass is 16.3. The Labute approximate surface area is 77.3 Å². The van der Waals surface area contributed by atoms with Gasteiger partial charge in [-0.1, -0.05) is 20.8 Å². The van der Waals surface area contributed by atoms with Crippen LogP contribution < -0.4 is 0 Å². The number of aromatic hydroxyl groups is 3. The van der Waals surface area contributed by atoms with Gasteiger partial charge in [0.15, 0.2) is 0 Å². The van der Waals surface area contributed by atoms with Gasteiger partial charge in [-0.3, -0.25) is 0 Å². The van der Waals surface area contributed by atoms with Crippen LogP contribution in [0.15, 0.2) is 12.1 Å². The van der Waals surface area contributed by atoms with E-state index in [1.807, 2.05) is 20.8 Å². The molecule has 72 valence electrons. The van der Waals surface area contributed by atoms with Crippen LogP contribution in [0.3, 0.4) is 0 Å². The standard InChI is InChI=1S/C10H14O3/c1-10(2,3)9-7(12)4-6(11)5-8(9)13/h4-5,11-13H,1-3H3. The first-order chi connectivity index (χ1) is 5.82. The molecule has 3 heteroatoms. The molecule has 0 fully saturated rings. The van der Waals surface area contributed by atoms with Crippen LogP contribution in [-0.4, -0.2) is 15.3 Å². The second-order valence-corrected chi connectivity index (χ2v) is 4.11. The summed E-state index contributed by atoms with van der Waals surface area (Å²) in [5.41, 5.74) is 0.104. The fourth-order valence-corrected chi connectivity index (χ4v) is 1.37. The maximum atomic E-state index is 9.49. The van der Waals surface area contributed by atoms with Gasteiger partial charge in [0.1, 0.15) is 17.2 Å². The Balaban J connectivity index is 3.38. The molecule has 0 amide bonds. The summed E-state index contributed by atoms with van der Waals surface area (Å²) in [6.07, 6.45) is 0. The monoisotopic (exact) mass is 182 g/mol. The lowest BCUT2D eigenvalue weighted by Gasteiger charge is -2.21. The molecule has 0 saturated carbocycles. The fourth-order valence-electron chi connectivity index (χ4n) is 1.37. The molecule has 1 rings (SSSR count). The van der Waals surface area contributed by atoms with E-state index >= 15 is 0 Å². The first-order valence-corrected chi connectivity index (χ1v) is 4.08. The predicted molar refractivity (Wildman–Crippen MR) is 50.1 cm³/mol. The lowest BCUT2D eigenvalue weighted by atomic mass is 9.85. The first-order valence-electron chi connectivity index (χ1n) is 4.08. The van der Waals surface area contributed by atoms with Crippen molar-refractivity contribution in [3.05, 3.63) is 17.7 Å². The Morgan fingerprint density at radius 1 is 0.923 bits per heavy atom. The van der Waals surface area contributed by atoms with Gasteiger partial charge in [0.2, 0.25) is 0 Å². The molecule has 0 bridgehead atoms. The van der Waals surface area contributed by atoms with E-state index in [1.165, 1.54) is 12.1 Å². The predicted octanol–water partition coefficient (Wildman–Crippen LogP) is 2.10. The number of phenols is 3. The molecular weight excluding hydrogens is 168 g/mol. The van der Waals surface area contributed by atoms with Gasteiger partial charge in [0, 0.05) is 17.7 Å². The smallest absolute Gasteiger partial charge is 0.126 e. The minimum atomic E-state index is -0.345. The van der Waals surface area contributed by atoms with Crippen molar-refractivity contribution in [3.63, 3.8) is 0 Å². The molecule has 0 aliphatic heterocycles. The zero-order valence-electron chi connectivity index (χ0n) is 8.00. The number of hydrogen-bond donors (Lipinski definition) is 3. The summed E-state index contributed by atoms with van der Waals surface area (Å²) >= 11 is 0. The summed E-state index contributed by atoms with van der Waals surface area (Å²) < 4.78 is 0. The molecule has 0 heterocycles. The van der Waals surface area contributed by atoms with Gasteiger partial charge in [0.25, 0.3) is 0 Å². The lowest BCUT2D eigenvalue weighted by Crippen LogP contribution is -2.11. The Morgan fingerprint density at radius 2 is 1.31 bits per heavy atom. The minimum absolute atomic E-state index is 0.0787. The van der Waals surface area contributed by atoms with Crippen molar-refractivity contribution in [2.75, 3.05) is 0 Å². The van der Waals surface area contributed by atoms with Gasteiger partial charge in [-0.15, -0.1) is 0 Å². The summed E-state index contributed by atoms with van der Waals surface area (Å²) in [6, 6.07) is 2.45. The maximum Gasteiger partial charge on any atom is 0.126 e. The summed E-state index contributed by atoms with van der Waals surface area (Å²) in [5, 5.41) is 28.0. The molecule has 3 nitrogen and oxygen atoms in total. The summed E-state index contributed by atoms with van der Waals surface area (Å²) in [4.78, 5) is 0. The van der Waals surface area contributed by atoms with E-state index in [2.05, 4.69) is 0 Å². The zero-order valence-corrected chi connectivity index (χ0v) is 8.00. The van der Waals surface area contributed by atoms with Crippen LogP contribution in [0.5, 0.6) is 17.2 Å². The molecule has 0 atom stereocenters. The lowest BCUT2D eigenvalue weighted by molar-refractivity contribution is 0.398. The second kappa shape index (κ2) is 2.83. The Morgan fingerprint density at radius 3 is 1.62 bits per heavy atom. The average Bonchev–Trinajstić information content (AvgIpc) is 1.78. The van der Waals surface area contributed by atoms with E-state index in [1.54, 1.807) is 0 Å². The minimum Gasteiger partial charge on any atom is -0.508 e. The van der Waals surface area contributed by atoms with Gasteiger partial charge < -0.3 is 15.3 Å². The molecule has 13 heavy (non-hydrogen) atoms. The van der Waals surface area contributed by atoms with Crippen molar-refractivity contribution in [2.24, 2.45) is 0 Å². The van der Waals surface area contributed by atoms with Crippen molar-refractivity contribution in [2.45, 2.75) is 26.2 Å². The summed E-state index contributed by atoms with van der Waals surface area (Å²) in [6.45, 7) is 5.62. The Bertz CT molecular complexity index is 300. The van der Waals surface area contributed by atoms with E-state index in [-0.39, 0.29) is 22.7 Å². The van der Waals surface area contributed by atoms with Crippen LogP contribution in [0.4, 0.5) is 0 Å². The molecule has 3 N–H and O–H groups in total. The third-order valence-corrected chi connectivity index (χ3v) is 1.83. The van der Waals surface area contributed by atoms with E-state index < -0.39 is 0 Å². The van der Waals surface area contributed by atoms with Crippen molar-refractivity contribution < 1.29 is 15.3 Å². The molecule has 0 aliphatic rings. The Hall–Kier alpha value is -1.38. The van der Waals surface area contributed by atoms with Crippen LogP contribution in [-0.2, 0) is 5.41 Å². The number of rotatable bonds is 0. The SMILES string of the molecule is CC(C)(C)c1c(O)cc(O)cc1O. The molecule has 0 aliphatic carbocycles. The summed E-state index contributed by atoms with van der Waals surface area (Å²) in [5.74, 6) is -0.294. The quantitative estimate of drug-likeness (QED) is 0.575. The topological polar surface area (TPSA) is 60.7 Å². The molecule has 0 spiro atoms. The number of hydrogen-bond acceptors (Lipinski definition) is 3.